The Morgan fingerprint density at radius 3 is 2.77 bits per heavy atom. The summed E-state index contributed by atoms with van der Waals surface area (Å²) < 4.78 is 5.14. The number of methoxy groups -OCH3 is 1. The molecule has 0 heterocycles. The van der Waals surface area contributed by atoms with Gasteiger partial charge in [-0.1, -0.05) is 12.5 Å². The molecule has 0 aromatic rings. The van der Waals surface area contributed by atoms with Crippen molar-refractivity contribution < 1.29 is 33.2 Å². The van der Waals surface area contributed by atoms with E-state index in [4.69, 9.17) is 4.74 Å². The van der Waals surface area contributed by atoms with Crippen LogP contribution in [0.2, 0.25) is 0 Å². The fraction of sp³-hybridized carbons (Fsp3) is 0.556. The first-order valence-electron chi connectivity index (χ1n) is 7.23. The quantitative estimate of drug-likeness (QED) is 0.420. The molecule has 0 saturated heterocycles. The molecule has 1 aliphatic carbocycles. The molecule has 0 fully saturated rings. The van der Waals surface area contributed by atoms with Crippen molar-refractivity contribution in [2.45, 2.75) is 39.2 Å². The predicted octanol–water partition coefficient (Wildman–Crippen LogP) is 2.87. The van der Waals surface area contributed by atoms with Crippen molar-refractivity contribution in [1.29, 1.82) is 0 Å². The minimum absolute atomic E-state index is 0. The molecule has 1 rings (SSSR count). The Hall–Kier alpha value is -0.606. The summed E-state index contributed by atoms with van der Waals surface area (Å²) in [6.45, 7) is 11.8. The number of ketones is 1. The molecule has 0 aliphatic heterocycles. The molecule has 1 aliphatic rings. The molecule has 0 spiro atoms. The summed E-state index contributed by atoms with van der Waals surface area (Å²) in [5.74, 6) is -0.357. The summed E-state index contributed by atoms with van der Waals surface area (Å²) in [4.78, 5) is 11.7. The van der Waals surface area contributed by atoms with Crippen LogP contribution in [0.15, 0.2) is 23.8 Å². The van der Waals surface area contributed by atoms with Gasteiger partial charge in [-0.25, -0.2) is 6.42 Å². The average Bonchev–Trinajstić information content (AvgIpc) is 2.77. The number of Topliss-reactive ketones (excluding diaryl/α,β-unsaturated/α-hetero) is 1. The molecule has 0 bridgehead atoms. The first kappa shape index (κ1) is 21.4. The average molecular weight is 340 g/mol. The normalized spacial score (nSPS) is 24.2. The second-order valence-electron chi connectivity index (χ2n) is 5.81. The van der Waals surface area contributed by atoms with E-state index in [0.717, 1.165) is 24.0 Å². The zero-order chi connectivity index (χ0) is 16.0. The fourth-order valence-corrected chi connectivity index (χ4v) is 2.85. The number of hydrogen-bond donors (Lipinski definition) is 1. The number of rotatable bonds is 8. The maximum atomic E-state index is 11.7. The van der Waals surface area contributed by atoms with Crippen molar-refractivity contribution >= 4 is 5.78 Å². The molecular formula is C18H25O3V-3. The fourth-order valence-electron chi connectivity index (χ4n) is 2.85. The Morgan fingerprint density at radius 1 is 1.64 bits per heavy atom. The Morgan fingerprint density at radius 2 is 2.27 bits per heavy atom. The molecule has 1 N–H and O–H groups in total. The summed E-state index contributed by atoms with van der Waals surface area (Å²) in [6.07, 6.45) is 8.80. The number of ether oxygens (including phenoxy) is 1. The van der Waals surface area contributed by atoms with Gasteiger partial charge >= 0.3 is 0 Å². The van der Waals surface area contributed by atoms with Crippen LogP contribution in [0.3, 0.4) is 0 Å². The maximum absolute atomic E-state index is 11.7. The van der Waals surface area contributed by atoms with Crippen molar-refractivity contribution in [3.8, 4) is 0 Å². The summed E-state index contributed by atoms with van der Waals surface area (Å²) in [6, 6.07) is 0. The van der Waals surface area contributed by atoms with Crippen molar-refractivity contribution in [3.05, 3.63) is 42.9 Å². The minimum Gasteiger partial charge on any atom is -0.497 e. The van der Waals surface area contributed by atoms with Crippen LogP contribution < -0.4 is 0 Å². The third-order valence-electron chi connectivity index (χ3n) is 4.14. The van der Waals surface area contributed by atoms with Gasteiger partial charge < -0.3 is 33.7 Å². The molecule has 4 heteroatoms. The third-order valence-corrected chi connectivity index (χ3v) is 4.14. The standard InChI is InChI=1S/C18H25O3.V/c1-6-14(12-21-5)9-11-18(4)10-8-13(3)16(18)17(20)15(19)7-2;/h11,14,17,20H,1-2,6,8,10,12H2,3-5H3;/q-3;/t14-,17-,18?;/m0./s1. The Labute approximate surface area is 146 Å². The molecule has 0 aromatic heterocycles. The Kier molecular flexibility index (Phi) is 9.25. The summed E-state index contributed by atoms with van der Waals surface area (Å²) in [5, 5.41) is 10.3. The van der Waals surface area contributed by atoms with E-state index in [1.165, 1.54) is 0 Å². The van der Waals surface area contributed by atoms with Gasteiger partial charge in [-0.2, -0.15) is 5.92 Å². The number of aliphatic hydroxyl groups is 1. The smallest absolute Gasteiger partial charge is 0.104 e. The van der Waals surface area contributed by atoms with E-state index in [1.807, 2.05) is 19.9 Å². The largest absolute Gasteiger partial charge is 0.497 e. The zero-order valence-electron chi connectivity index (χ0n) is 13.7. The van der Waals surface area contributed by atoms with Gasteiger partial charge in [-0.15, -0.1) is 0 Å². The summed E-state index contributed by atoms with van der Waals surface area (Å²) in [7, 11) is 1.65. The first-order chi connectivity index (χ1) is 9.89. The van der Waals surface area contributed by atoms with E-state index in [9.17, 15) is 9.90 Å². The zero-order valence-corrected chi connectivity index (χ0v) is 15.1. The summed E-state index contributed by atoms with van der Waals surface area (Å²) >= 11 is 0. The molecule has 0 aromatic carbocycles. The van der Waals surface area contributed by atoms with Gasteiger partial charge in [0.2, 0.25) is 0 Å². The summed E-state index contributed by atoms with van der Waals surface area (Å²) in [5.41, 5.74) is 1.46. The number of carbonyl (C=O) groups excluding carboxylic acids is 1. The van der Waals surface area contributed by atoms with Crippen molar-refractivity contribution in [1.82, 2.24) is 0 Å². The first-order valence-corrected chi connectivity index (χ1v) is 7.23. The van der Waals surface area contributed by atoms with Crippen LogP contribution in [0.5, 0.6) is 0 Å². The molecule has 0 amide bonds. The molecule has 3 atom stereocenters. The molecule has 0 saturated carbocycles. The van der Waals surface area contributed by atoms with Crippen molar-refractivity contribution in [2.24, 2.45) is 11.3 Å². The van der Waals surface area contributed by atoms with E-state index in [-0.39, 0.29) is 29.9 Å². The van der Waals surface area contributed by atoms with E-state index < -0.39 is 11.9 Å². The van der Waals surface area contributed by atoms with Crippen LogP contribution in [0.25, 0.3) is 0 Å². The minimum atomic E-state index is -1.16. The molecule has 1 unspecified atom stereocenters. The third kappa shape index (κ3) is 4.95. The number of carbonyl (C=O) groups is 1. The van der Waals surface area contributed by atoms with Crippen LogP contribution in [0.1, 0.15) is 33.1 Å². The van der Waals surface area contributed by atoms with Crippen LogP contribution >= 0.6 is 0 Å². The van der Waals surface area contributed by atoms with Crippen LogP contribution in [0, 0.1) is 30.4 Å². The van der Waals surface area contributed by atoms with E-state index in [2.05, 4.69) is 25.7 Å². The van der Waals surface area contributed by atoms with Crippen LogP contribution in [-0.4, -0.2) is 30.7 Å². The van der Waals surface area contributed by atoms with E-state index in [0.29, 0.717) is 13.0 Å². The predicted molar refractivity (Wildman–Crippen MR) is 83.1 cm³/mol. The Bertz CT molecular complexity index is 453. The molecular weight excluding hydrogens is 315 g/mol. The Balaban J connectivity index is 0.00000441. The molecule has 1 radical (unpaired) electrons. The van der Waals surface area contributed by atoms with Gasteiger partial charge in [-0.3, -0.25) is 12.7 Å². The SMILES string of the molecule is C=[C-]C(=O)[C@H](O)C1=C(C)CCC1(C)C=[C-][C@H](C[CH2-])COC.[V]. The second kappa shape index (κ2) is 9.51. The van der Waals surface area contributed by atoms with Gasteiger partial charge in [0, 0.05) is 38.1 Å². The molecule has 123 valence electrons. The van der Waals surface area contributed by atoms with Gasteiger partial charge in [0.05, 0.1) is 0 Å². The van der Waals surface area contributed by atoms with Gasteiger partial charge in [0.25, 0.3) is 0 Å². The molecule has 22 heavy (non-hydrogen) atoms. The van der Waals surface area contributed by atoms with Gasteiger partial charge in [0.15, 0.2) is 0 Å². The van der Waals surface area contributed by atoms with Crippen LogP contribution in [0.4, 0.5) is 0 Å². The molecule has 3 nitrogen and oxygen atoms in total. The van der Waals surface area contributed by atoms with Crippen molar-refractivity contribution in [2.75, 3.05) is 13.7 Å². The van der Waals surface area contributed by atoms with E-state index in [1.54, 1.807) is 7.11 Å². The van der Waals surface area contributed by atoms with Gasteiger partial charge in [0.1, 0.15) is 6.10 Å². The number of hydrogen-bond acceptors (Lipinski definition) is 3. The van der Waals surface area contributed by atoms with E-state index >= 15 is 0 Å². The van der Waals surface area contributed by atoms with Crippen LogP contribution in [-0.2, 0) is 28.1 Å². The maximum Gasteiger partial charge on any atom is 0.104 e. The van der Waals surface area contributed by atoms with Crippen molar-refractivity contribution in [3.63, 3.8) is 0 Å². The topological polar surface area (TPSA) is 46.5 Å². The second-order valence-corrected chi connectivity index (χ2v) is 5.81. The number of allylic oxidation sites excluding steroid dienone is 2. The van der Waals surface area contributed by atoms with Gasteiger partial charge in [-0.05, 0) is 30.8 Å². The monoisotopic (exact) mass is 340 g/mol. The number of aliphatic hydroxyl groups excluding tert-OH is 1.